The molecule has 0 saturated carbocycles. The zero-order chi connectivity index (χ0) is 21.5. The lowest BCUT2D eigenvalue weighted by atomic mass is 10.0. The molecule has 0 unspecified atom stereocenters. The summed E-state index contributed by atoms with van der Waals surface area (Å²) in [7, 11) is 1.64. The van der Waals surface area contributed by atoms with E-state index in [2.05, 4.69) is 5.32 Å². The van der Waals surface area contributed by atoms with Crippen LogP contribution in [0.2, 0.25) is 5.02 Å². The summed E-state index contributed by atoms with van der Waals surface area (Å²) in [6.07, 6.45) is 1.81. The first-order valence-corrected chi connectivity index (χ1v) is 10.7. The van der Waals surface area contributed by atoms with Crippen LogP contribution in [0, 0.1) is 5.82 Å². The minimum Gasteiger partial charge on any atom is -0.382 e. The number of nitrogens with one attached hydrogen (secondary N) is 1. The highest BCUT2D eigenvalue weighted by Crippen LogP contribution is 2.23. The first kappa shape index (κ1) is 22.9. The quantitative estimate of drug-likeness (QED) is 0.623. The highest BCUT2D eigenvalue weighted by Gasteiger charge is 2.34. The average Bonchev–Trinajstić information content (AvgIpc) is 2.73. The Morgan fingerprint density at radius 1 is 1.27 bits per heavy atom. The molecule has 0 spiro atoms. The van der Waals surface area contributed by atoms with E-state index >= 15 is 0 Å². The topological polar surface area (TPSA) is 71.1 Å². The van der Waals surface area contributed by atoms with Crippen molar-refractivity contribution < 1.29 is 23.5 Å². The Balaban J connectivity index is 1.56. The van der Waals surface area contributed by atoms with Gasteiger partial charge in [-0.2, -0.15) is 0 Å². The summed E-state index contributed by atoms with van der Waals surface area (Å²) < 4.78 is 24.1. The summed E-state index contributed by atoms with van der Waals surface area (Å²) in [5.74, 6) is -0.602. The number of halogens is 2. The molecule has 1 aromatic rings. The van der Waals surface area contributed by atoms with Crippen LogP contribution in [0.25, 0.3) is 0 Å². The number of hydrogen-bond donors (Lipinski definition) is 1. The van der Waals surface area contributed by atoms with Crippen LogP contribution >= 0.6 is 11.6 Å². The predicted octanol–water partition coefficient (Wildman–Crippen LogP) is 1.82. The van der Waals surface area contributed by atoms with E-state index in [0.29, 0.717) is 51.0 Å². The van der Waals surface area contributed by atoms with E-state index in [1.807, 2.05) is 4.90 Å². The number of methoxy groups -OCH3 is 1. The number of carbonyl (C=O) groups is 2. The van der Waals surface area contributed by atoms with Gasteiger partial charge >= 0.3 is 0 Å². The summed E-state index contributed by atoms with van der Waals surface area (Å²) in [6.45, 7) is 3.85. The van der Waals surface area contributed by atoms with E-state index in [4.69, 9.17) is 21.1 Å². The van der Waals surface area contributed by atoms with E-state index in [1.165, 1.54) is 12.1 Å². The Kier molecular flexibility index (Phi) is 8.44. The lowest BCUT2D eigenvalue weighted by Gasteiger charge is -2.37. The van der Waals surface area contributed by atoms with Crippen LogP contribution in [0.15, 0.2) is 18.2 Å². The molecule has 7 nitrogen and oxygen atoms in total. The Labute approximate surface area is 181 Å². The van der Waals surface area contributed by atoms with Crippen LogP contribution in [0.1, 0.15) is 24.8 Å². The van der Waals surface area contributed by atoms with Gasteiger partial charge < -0.3 is 19.7 Å². The van der Waals surface area contributed by atoms with E-state index in [1.54, 1.807) is 18.1 Å². The fourth-order valence-corrected chi connectivity index (χ4v) is 4.13. The van der Waals surface area contributed by atoms with Gasteiger partial charge in [-0.25, -0.2) is 4.39 Å². The summed E-state index contributed by atoms with van der Waals surface area (Å²) >= 11 is 6.16. The number of rotatable bonds is 8. The number of piperidine rings is 1. The van der Waals surface area contributed by atoms with Crippen molar-refractivity contribution in [1.29, 1.82) is 0 Å². The van der Waals surface area contributed by atoms with Crippen molar-refractivity contribution in [3.05, 3.63) is 34.6 Å². The molecule has 166 valence electrons. The second-order valence-electron chi connectivity index (χ2n) is 7.66. The third kappa shape index (κ3) is 6.14. The van der Waals surface area contributed by atoms with Gasteiger partial charge in [0.1, 0.15) is 5.82 Å². The lowest BCUT2D eigenvalue weighted by Crippen LogP contribution is -2.56. The van der Waals surface area contributed by atoms with Gasteiger partial charge in [0.25, 0.3) is 0 Å². The van der Waals surface area contributed by atoms with Crippen molar-refractivity contribution >= 4 is 23.4 Å². The zero-order valence-electron chi connectivity index (χ0n) is 17.2. The number of hydrogen-bond acceptors (Lipinski definition) is 5. The minimum absolute atomic E-state index is 0.0393. The van der Waals surface area contributed by atoms with Gasteiger partial charge in [0.05, 0.1) is 31.8 Å². The molecular weight excluding hydrogens is 413 g/mol. The van der Waals surface area contributed by atoms with Gasteiger partial charge in [-0.15, -0.1) is 0 Å². The highest BCUT2D eigenvalue weighted by atomic mass is 35.5. The van der Waals surface area contributed by atoms with E-state index in [0.717, 1.165) is 18.4 Å². The first-order valence-electron chi connectivity index (χ1n) is 10.3. The molecule has 0 bridgehead atoms. The monoisotopic (exact) mass is 441 g/mol. The van der Waals surface area contributed by atoms with Crippen LogP contribution in [0.4, 0.5) is 4.39 Å². The summed E-state index contributed by atoms with van der Waals surface area (Å²) in [5.41, 5.74) is 0.735. The fraction of sp³-hybridized carbons (Fsp3) is 0.619. The van der Waals surface area contributed by atoms with Gasteiger partial charge in [0.15, 0.2) is 0 Å². The normalized spacial score (nSPS) is 21.0. The number of nitrogens with zero attached hydrogens (tertiary/aromatic N) is 2. The standard InChI is InChI=1S/C21H29ClFN3O4/c1-29-10-11-30-17-4-7-25(8-5-17)20(27)13-19-21(28)24-6-9-26(19)14-15-2-3-16(23)12-18(15)22/h2-3,12,17,19H,4-11,13-14H2,1H3,(H,24,28)/t19-/m0/s1. The first-order chi connectivity index (χ1) is 14.5. The highest BCUT2D eigenvalue weighted by molar-refractivity contribution is 6.31. The average molecular weight is 442 g/mol. The molecule has 0 aromatic heterocycles. The van der Waals surface area contributed by atoms with Gasteiger partial charge in [-0.3, -0.25) is 14.5 Å². The van der Waals surface area contributed by atoms with E-state index < -0.39 is 11.9 Å². The van der Waals surface area contributed by atoms with Crippen LogP contribution < -0.4 is 5.32 Å². The second-order valence-corrected chi connectivity index (χ2v) is 8.07. The van der Waals surface area contributed by atoms with E-state index in [9.17, 15) is 14.0 Å². The molecule has 1 atom stereocenters. The molecule has 1 N–H and O–H groups in total. The molecule has 0 aliphatic carbocycles. The molecule has 0 radical (unpaired) electrons. The molecule has 3 rings (SSSR count). The smallest absolute Gasteiger partial charge is 0.237 e. The maximum atomic E-state index is 13.3. The minimum atomic E-state index is -0.567. The molecule has 2 fully saturated rings. The Morgan fingerprint density at radius 3 is 2.73 bits per heavy atom. The maximum Gasteiger partial charge on any atom is 0.237 e. The molecule has 2 heterocycles. The van der Waals surface area contributed by atoms with Crippen molar-refractivity contribution in [3.63, 3.8) is 0 Å². The third-order valence-corrected chi connectivity index (χ3v) is 5.99. The van der Waals surface area contributed by atoms with Gasteiger partial charge in [0.2, 0.25) is 11.8 Å². The number of ether oxygens (including phenoxy) is 2. The van der Waals surface area contributed by atoms with Crippen molar-refractivity contribution in [2.24, 2.45) is 0 Å². The van der Waals surface area contributed by atoms with Crippen LogP contribution in [-0.2, 0) is 25.6 Å². The molecule has 30 heavy (non-hydrogen) atoms. The molecular formula is C21H29ClFN3O4. The van der Waals surface area contributed by atoms with Crippen molar-refractivity contribution in [2.75, 3.05) is 46.5 Å². The Hall–Kier alpha value is -1.74. The number of carbonyl (C=O) groups excluding carboxylic acids is 2. The second kappa shape index (κ2) is 11.0. The number of likely N-dealkylation sites (tertiary alicyclic amines) is 1. The van der Waals surface area contributed by atoms with Crippen LogP contribution in [0.3, 0.4) is 0 Å². The van der Waals surface area contributed by atoms with Gasteiger partial charge in [-0.1, -0.05) is 17.7 Å². The third-order valence-electron chi connectivity index (χ3n) is 5.63. The zero-order valence-corrected chi connectivity index (χ0v) is 18.0. The lowest BCUT2D eigenvalue weighted by molar-refractivity contribution is -0.140. The van der Waals surface area contributed by atoms with Crippen molar-refractivity contribution in [1.82, 2.24) is 15.1 Å². The maximum absolute atomic E-state index is 13.3. The molecule has 2 amide bonds. The number of benzene rings is 1. The summed E-state index contributed by atoms with van der Waals surface area (Å²) in [5, 5.41) is 3.16. The SMILES string of the molecule is COCCOC1CCN(C(=O)C[C@H]2C(=O)NCCN2Cc2ccc(F)cc2Cl)CC1. The van der Waals surface area contributed by atoms with Crippen molar-refractivity contribution in [2.45, 2.75) is 38.0 Å². The fourth-order valence-electron chi connectivity index (χ4n) is 3.91. The molecule has 2 aliphatic heterocycles. The molecule has 9 heteroatoms. The largest absolute Gasteiger partial charge is 0.382 e. The molecule has 2 aliphatic rings. The number of amides is 2. The Bertz CT molecular complexity index is 743. The van der Waals surface area contributed by atoms with Crippen LogP contribution in [-0.4, -0.2) is 80.3 Å². The number of piperazine rings is 1. The Morgan fingerprint density at radius 2 is 2.03 bits per heavy atom. The van der Waals surface area contributed by atoms with Gasteiger partial charge in [-0.05, 0) is 30.5 Å². The predicted molar refractivity (Wildman–Crippen MR) is 111 cm³/mol. The van der Waals surface area contributed by atoms with Crippen LogP contribution in [0.5, 0.6) is 0 Å². The van der Waals surface area contributed by atoms with Gasteiger partial charge in [0, 0.05) is 44.9 Å². The van der Waals surface area contributed by atoms with E-state index in [-0.39, 0.29) is 24.3 Å². The summed E-state index contributed by atoms with van der Waals surface area (Å²) in [4.78, 5) is 29.1. The molecule has 1 aromatic carbocycles. The van der Waals surface area contributed by atoms with Crippen molar-refractivity contribution in [3.8, 4) is 0 Å². The summed E-state index contributed by atoms with van der Waals surface area (Å²) in [6, 6.07) is 3.67. The molecule has 2 saturated heterocycles.